The molecule has 1 aliphatic carbocycles. The number of carbonyl (C=O) groups excluding carboxylic acids is 2. The van der Waals surface area contributed by atoms with Crippen LogP contribution in [0.2, 0.25) is 0 Å². The van der Waals surface area contributed by atoms with Gasteiger partial charge < -0.3 is 9.84 Å². The summed E-state index contributed by atoms with van der Waals surface area (Å²) in [4.78, 5) is 30.6. The van der Waals surface area contributed by atoms with Crippen LogP contribution in [0, 0.1) is 0 Å². The number of carbonyl (C=O) groups is 3. The topological polar surface area (TPSA) is 80.7 Å². The molecule has 0 bridgehead atoms. The lowest BCUT2D eigenvalue weighted by atomic mass is 9.91. The maximum atomic E-state index is 10.5. The number of esters is 2. The van der Waals surface area contributed by atoms with E-state index in [1.54, 1.807) is 0 Å². The van der Waals surface area contributed by atoms with E-state index in [0.717, 1.165) is 12.8 Å². The largest absolute Gasteiger partial charge is 0.481 e. The molecule has 0 aromatic carbocycles. The Kier molecular flexibility index (Phi) is 3.38. The lowest BCUT2D eigenvalue weighted by molar-refractivity contribution is -0.150. The molecule has 2 rings (SSSR count). The highest BCUT2D eigenvalue weighted by Crippen LogP contribution is 2.34. The van der Waals surface area contributed by atoms with Gasteiger partial charge >= 0.3 is 17.9 Å². The minimum atomic E-state index is -0.829. The molecule has 0 radical (unpaired) electrons. The summed E-state index contributed by atoms with van der Waals surface area (Å²) in [7, 11) is 0. The third-order valence-electron chi connectivity index (χ3n) is 1.99. The van der Waals surface area contributed by atoms with Crippen LogP contribution in [0.4, 0.5) is 0 Å². The van der Waals surface area contributed by atoms with Crippen molar-refractivity contribution in [3.05, 3.63) is 23.8 Å². The van der Waals surface area contributed by atoms with Gasteiger partial charge in [0.25, 0.3) is 0 Å². The van der Waals surface area contributed by atoms with Gasteiger partial charge in [0.2, 0.25) is 0 Å². The number of cyclic esters (lactones) is 2. The molecule has 0 aromatic heterocycles. The summed E-state index contributed by atoms with van der Waals surface area (Å²) in [6, 6.07) is 0. The Morgan fingerprint density at radius 2 is 1.80 bits per heavy atom. The second-order valence-corrected chi connectivity index (χ2v) is 3.02. The first kappa shape index (κ1) is 11.2. The first-order chi connectivity index (χ1) is 7.06. The van der Waals surface area contributed by atoms with E-state index >= 15 is 0 Å². The molecule has 0 aromatic rings. The molecule has 80 valence electrons. The van der Waals surface area contributed by atoms with E-state index in [0.29, 0.717) is 11.1 Å². The highest BCUT2D eigenvalue weighted by atomic mass is 16.6. The standard InChI is InChI=1S/C6H4O3.C4H6O2/c7-5-3-1-2-4(3)6(8)9-5;1-2-3-4(5)6/h1-2H2;2H,1,3H2,(H,5,6). The molecule has 2 aliphatic rings. The monoisotopic (exact) mass is 210 g/mol. The number of carboxylic acids is 1. The Balaban J connectivity index is 0.000000167. The summed E-state index contributed by atoms with van der Waals surface area (Å²) in [5.41, 5.74) is 1.19. The third kappa shape index (κ3) is 2.52. The first-order valence-electron chi connectivity index (χ1n) is 4.37. The Morgan fingerprint density at radius 3 is 1.93 bits per heavy atom. The minimum absolute atomic E-state index is 0.0556. The van der Waals surface area contributed by atoms with Gasteiger partial charge in [-0.15, -0.1) is 6.58 Å². The minimum Gasteiger partial charge on any atom is -0.481 e. The zero-order valence-electron chi connectivity index (χ0n) is 7.99. The van der Waals surface area contributed by atoms with Crippen molar-refractivity contribution in [2.24, 2.45) is 0 Å². The van der Waals surface area contributed by atoms with Crippen molar-refractivity contribution in [2.75, 3.05) is 0 Å². The van der Waals surface area contributed by atoms with Gasteiger partial charge in [-0.05, 0) is 12.8 Å². The Labute approximate surface area is 86.0 Å². The van der Waals surface area contributed by atoms with Gasteiger partial charge in [-0.25, -0.2) is 9.59 Å². The van der Waals surface area contributed by atoms with Gasteiger partial charge in [-0.1, -0.05) is 6.08 Å². The highest BCUT2D eigenvalue weighted by molar-refractivity contribution is 6.14. The maximum Gasteiger partial charge on any atom is 0.342 e. The van der Waals surface area contributed by atoms with Crippen LogP contribution in [0.1, 0.15) is 19.3 Å². The smallest absolute Gasteiger partial charge is 0.342 e. The van der Waals surface area contributed by atoms with Crippen LogP contribution in [-0.4, -0.2) is 23.0 Å². The van der Waals surface area contributed by atoms with Crippen LogP contribution in [-0.2, 0) is 19.1 Å². The van der Waals surface area contributed by atoms with Crippen molar-refractivity contribution in [1.82, 2.24) is 0 Å². The number of aliphatic carboxylic acids is 1. The van der Waals surface area contributed by atoms with Crippen LogP contribution in [0.15, 0.2) is 23.8 Å². The van der Waals surface area contributed by atoms with Gasteiger partial charge in [0.15, 0.2) is 0 Å². The van der Waals surface area contributed by atoms with Crippen molar-refractivity contribution in [2.45, 2.75) is 19.3 Å². The van der Waals surface area contributed by atoms with Crippen molar-refractivity contribution >= 4 is 17.9 Å². The molecule has 0 fully saturated rings. The van der Waals surface area contributed by atoms with E-state index < -0.39 is 17.9 Å². The normalized spacial score (nSPS) is 17.1. The molecule has 0 saturated heterocycles. The molecule has 0 amide bonds. The average Bonchev–Trinajstić information content (AvgIpc) is 2.18. The molecule has 5 heteroatoms. The fraction of sp³-hybridized carbons (Fsp3) is 0.300. The lowest BCUT2D eigenvalue weighted by Crippen LogP contribution is -2.05. The summed E-state index contributed by atoms with van der Waals surface area (Å²) in [5.74, 6) is -1.69. The van der Waals surface area contributed by atoms with E-state index in [2.05, 4.69) is 11.3 Å². The predicted molar refractivity (Wildman–Crippen MR) is 49.8 cm³/mol. The summed E-state index contributed by atoms with van der Waals surface area (Å²) in [6.45, 7) is 3.22. The van der Waals surface area contributed by atoms with Gasteiger partial charge in [0.05, 0.1) is 6.42 Å². The zero-order valence-corrected chi connectivity index (χ0v) is 7.99. The fourth-order valence-corrected chi connectivity index (χ4v) is 1.16. The Bertz CT molecular complexity index is 340. The predicted octanol–water partition coefficient (Wildman–Crippen LogP) is 0.807. The summed E-state index contributed by atoms with van der Waals surface area (Å²) in [5, 5.41) is 7.84. The highest BCUT2D eigenvalue weighted by Gasteiger charge is 2.38. The first-order valence-corrected chi connectivity index (χ1v) is 4.37. The number of hydrogen-bond acceptors (Lipinski definition) is 4. The second-order valence-electron chi connectivity index (χ2n) is 3.02. The molecular formula is C10H10O5. The molecular weight excluding hydrogens is 200 g/mol. The van der Waals surface area contributed by atoms with Gasteiger partial charge in [-0.2, -0.15) is 0 Å². The lowest BCUT2D eigenvalue weighted by Gasteiger charge is -2.07. The molecule has 0 atom stereocenters. The van der Waals surface area contributed by atoms with E-state index in [1.807, 2.05) is 0 Å². The molecule has 0 saturated carbocycles. The maximum absolute atomic E-state index is 10.5. The van der Waals surface area contributed by atoms with Crippen LogP contribution < -0.4 is 0 Å². The molecule has 1 N–H and O–H groups in total. The molecule has 0 unspecified atom stereocenters. The second kappa shape index (κ2) is 4.54. The van der Waals surface area contributed by atoms with E-state index in [9.17, 15) is 14.4 Å². The van der Waals surface area contributed by atoms with Crippen LogP contribution in [0.25, 0.3) is 0 Å². The average molecular weight is 210 g/mol. The summed E-state index contributed by atoms with van der Waals surface area (Å²) < 4.78 is 4.30. The van der Waals surface area contributed by atoms with Crippen molar-refractivity contribution < 1.29 is 24.2 Å². The summed E-state index contributed by atoms with van der Waals surface area (Å²) in [6.07, 6.45) is 2.85. The third-order valence-corrected chi connectivity index (χ3v) is 1.99. The number of hydrogen-bond donors (Lipinski definition) is 1. The molecule has 1 heterocycles. The van der Waals surface area contributed by atoms with Crippen LogP contribution >= 0.6 is 0 Å². The molecule has 5 nitrogen and oxygen atoms in total. The molecule has 1 aliphatic heterocycles. The van der Waals surface area contributed by atoms with Gasteiger partial charge in [-0.3, -0.25) is 4.79 Å². The number of rotatable bonds is 2. The van der Waals surface area contributed by atoms with Crippen molar-refractivity contribution in [1.29, 1.82) is 0 Å². The molecule has 0 spiro atoms. The van der Waals surface area contributed by atoms with Crippen LogP contribution in [0.3, 0.4) is 0 Å². The van der Waals surface area contributed by atoms with E-state index in [-0.39, 0.29) is 6.42 Å². The van der Waals surface area contributed by atoms with E-state index in [1.165, 1.54) is 6.08 Å². The Morgan fingerprint density at radius 1 is 1.33 bits per heavy atom. The van der Waals surface area contributed by atoms with Crippen LogP contribution in [0.5, 0.6) is 0 Å². The number of carboxylic acid groups (broad SMARTS) is 1. The SMILES string of the molecule is C=CCC(=O)O.O=C1OC(=O)C2=C1CC2. The Hall–Kier alpha value is -1.91. The summed E-state index contributed by atoms with van der Waals surface area (Å²) >= 11 is 0. The quantitative estimate of drug-likeness (QED) is 0.414. The van der Waals surface area contributed by atoms with Crippen molar-refractivity contribution in [3.8, 4) is 0 Å². The zero-order chi connectivity index (χ0) is 11.4. The van der Waals surface area contributed by atoms with Gasteiger partial charge in [0, 0.05) is 11.1 Å². The van der Waals surface area contributed by atoms with E-state index in [4.69, 9.17) is 5.11 Å². The van der Waals surface area contributed by atoms with Crippen molar-refractivity contribution in [3.63, 3.8) is 0 Å². The fourth-order valence-electron chi connectivity index (χ4n) is 1.16. The van der Waals surface area contributed by atoms with Gasteiger partial charge in [0.1, 0.15) is 0 Å². The molecule has 15 heavy (non-hydrogen) atoms. The number of ether oxygens (including phenoxy) is 1.